The Morgan fingerprint density at radius 3 is 2.35 bits per heavy atom. The first-order valence-corrected chi connectivity index (χ1v) is 8.87. The molecule has 0 aliphatic carbocycles. The molecule has 0 saturated carbocycles. The molecule has 23 heavy (non-hydrogen) atoms. The van der Waals surface area contributed by atoms with Crippen LogP contribution in [0.25, 0.3) is 0 Å². The molecule has 1 aliphatic heterocycles. The van der Waals surface area contributed by atoms with Gasteiger partial charge >= 0.3 is 0 Å². The van der Waals surface area contributed by atoms with Crippen molar-refractivity contribution in [1.82, 2.24) is 10.2 Å². The van der Waals surface area contributed by atoms with Crippen LogP contribution in [0.2, 0.25) is 0 Å². The predicted molar refractivity (Wildman–Crippen MR) is 93.4 cm³/mol. The molecular weight excluding hydrogens is 308 g/mol. The molecule has 4 nitrogen and oxygen atoms in total. The highest BCUT2D eigenvalue weighted by atomic mass is 32.2. The van der Waals surface area contributed by atoms with Crippen molar-refractivity contribution in [2.75, 3.05) is 5.75 Å². The number of thioether (sulfide) groups is 1. The molecule has 0 radical (unpaired) electrons. The molecule has 1 saturated heterocycles. The van der Waals surface area contributed by atoms with Gasteiger partial charge in [-0.1, -0.05) is 60.7 Å². The van der Waals surface area contributed by atoms with E-state index in [9.17, 15) is 10.2 Å². The van der Waals surface area contributed by atoms with Crippen LogP contribution < -0.4 is 5.32 Å². The minimum Gasteiger partial charge on any atom is -0.378 e. The normalized spacial score (nSPS) is 26.4. The van der Waals surface area contributed by atoms with E-state index in [0.717, 1.165) is 16.9 Å². The molecule has 1 heterocycles. The fourth-order valence-corrected chi connectivity index (χ4v) is 3.86. The second kappa shape index (κ2) is 7.95. The number of hydrogen-bond donors (Lipinski definition) is 3. The van der Waals surface area contributed by atoms with E-state index in [1.54, 1.807) is 16.7 Å². The van der Waals surface area contributed by atoms with Gasteiger partial charge in [0.1, 0.15) is 6.23 Å². The van der Waals surface area contributed by atoms with Crippen molar-refractivity contribution in [3.63, 3.8) is 0 Å². The van der Waals surface area contributed by atoms with Crippen LogP contribution in [-0.4, -0.2) is 33.4 Å². The van der Waals surface area contributed by atoms with E-state index in [4.69, 9.17) is 0 Å². The van der Waals surface area contributed by atoms with Gasteiger partial charge in [-0.05, 0) is 23.3 Å². The smallest absolute Gasteiger partial charge is 0.166 e. The zero-order valence-corrected chi connectivity index (χ0v) is 13.7. The Morgan fingerprint density at radius 1 is 1.00 bits per heavy atom. The Labute approximate surface area is 141 Å². The van der Waals surface area contributed by atoms with Gasteiger partial charge in [0.2, 0.25) is 0 Å². The lowest BCUT2D eigenvalue weighted by Crippen LogP contribution is -2.52. The summed E-state index contributed by atoms with van der Waals surface area (Å²) in [4.78, 5) is 1.70. The van der Waals surface area contributed by atoms with Gasteiger partial charge in [0.05, 0.1) is 5.37 Å². The summed E-state index contributed by atoms with van der Waals surface area (Å²) in [7, 11) is 0. The maximum atomic E-state index is 10.6. The number of hydrogen-bond acceptors (Lipinski definition) is 5. The van der Waals surface area contributed by atoms with Crippen LogP contribution >= 0.6 is 11.8 Å². The molecule has 1 fully saturated rings. The highest BCUT2D eigenvalue weighted by Gasteiger charge is 2.28. The van der Waals surface area contributed by atoms with Gasteiger partial charge in [0.25, 0.3) is 0 Å². The molecule has 0 amide bonds. The van der Waals surface area contributed by atoms with E-state index in [1.165, 1.54) is 0 Å². The lowest BCUT2D eigenvalue weighted by atomic mass is 10.2. The summed E-state index contributed by atoms with van der Waals surface area (Å²) in [5.74, 6) is 0.825. The van der Waals surface area contributed by atoms with Crippen molar-refractivity contribution < 1.29 is 10.2 Å². The summed E-state index contributed by atoms with van der Waals surface area (Å²) >= 11 is 1.71. The molecule has 3 atom stereocenters. The molecule has 0 spiro atoms. The first-order chi connectivity index (χ1) is 11.2. The zero-order chi connectivity index (χ0) is 16.1. The fourth-order valence-electron chi connectivity index (χ4n) is 2.71. The van der Waals surface area contributed by atoms with E-state index in [2.05, 4.69) is 17.4 Å². The summed E-state index contributed by atoms with van der Waals surface area (Å²) in [6.07, 6.45) is -0.940. The first-order valence-electron chi connectivity index (χ1n) is 7.82. The van der Waals surface area contributed by atoms with E-state index in [0.29, 0.717) is 13.0 Å². The number of aliphatic hydroxyl groups is 2. The largest absolute Gasteiger partial charge is 0.378 e. The Balaban J connectivity index is 1.74. The monoisotopic (exact) mass is 330 g/mol. The molecule has 3 unspecified atom stereocenters. The van der Waals surface area contributed by atoms with Crippen LogP contribution in [0.15, 0.2) is 60.7 Å². The van der Waals surface area contributed by atoms with Gasteiger partial charge < -0.3 is 10.2 Å². The first kappa shape index (κ1) is 16.5. The molecular formula is C18H22N2O2S. The van der Waals surface area contributed by atoms with Crippen LogP contribution in [0.4, 0.5) is 0 Å². The van der Waals surface area contributed by atoms with Gasteiger partial charge in [-0.15, -0.1) is 11.8 Å². The van der Waals surface area contributed by atoms with E-state index in [1.807, 2.05) is 48.5 Å². The van der Waals surface area contributed by atoms with Crippen molar-refractivity contribution in [3.05, 3.63) is 71.8 Å². The molecule has 2 aromatic carbocycles. The maximum absolute atomic E-state index is 10.6. The summed E-state index contributed by atoms with van der Waals surface area (Å²) in [5, 5.41) is 24.2. The minimum absolute atomic E-state index is 0.0111. The molecule has 0 bridgehead atoms. The fraction of sp³-hybridized carbons (Fsp3) is 0.333. The maximum Gasteiger partial charge on any atom is 0.166 e. The Kier molecular flexibility index (Phi) is 5.70. The van der Waals surface area contributed by atoms with Gasteiger partial charge in [-0.2, -0.15) is 0 Å². The number of aliphatic hydroxyl groups excluding tert-OH is 2. The Morgan fingerprint density at radius 2 is 1.65 bits per heavy atom. The molecule has 122 valence electrons. The van der Waals surface area contributed by atoms with Crippen LogP contribution in [-0.2, 0) is 6.54 Å². The van der Waals surface area contributed by atoms with Gasteiger partial charge in [0, 0.05) is 6.54 Å². The summed E-state index contributed by atoms with van der Waals surface area (Å²) < 4.78 is 0. The molecule has 1 aliphatic rings. The third-order valence-electron chi connectivity index (χ3n) is 3.97. The summed E-state index contributed by atoms with van der Waals surface area (Å²) in [6, 6.07) is 20.0. The average Bonchev–Trinajstić information content (AvgIpc) is 2.59. The number of rotatable bonds is 3. The lowest BCUT2D eigenvalue weighted by Gasteiger charge is -2.37. The van der Waals surface area contributed by atoms with Crippen molar-refractivity contribution in [3.8, 4) is 0 Å². The number of benzene rings is 2. The quantitative estimate of drug-likeness (QED) is 0.807. The van der Waals surface area contributed by atoms with Crippen molar-refractivity contribution in [2.24, 2.45) is 0 Å². The third kappa shape index (κ3) is 4.34. The standard InChI is InChI=1S/C18H22N2O2S/c21-16-11-12-23-17(15-9-5-2-6-10-15)19-18(22)20(16)13-14-7-3-1-4-8-14/h1-10,16-19,21-22H,11-13H2. The summed E-state index contributed by atoms with van der Waals surface area (Å²) in [5.41, 5.74) is 2.20. The van der Waals surface area contributed by atoms with E-state index < -0.39 is 12.6 Å². The molecule has 2 aromatic rings. The highest BCUT2D eigenvalue weighted by Crippen LogP contribution is 2.30. The number of nitrogens with zero attached hydrogens (tertiary/aromatic N) is 1. The van der Waals surface area contributed by atoms with Crippen molar-refractivity contribution in [2.45, 2.75) is 30.9 Å². The molecule has 0 aromatic heterocycles. The van der Waals surface area contributed by atoms with E-state index in [-0.39, 0.29) is 5.37 Å². The van der Waals surface area contributed by atoms with Gasteiger partial charge in [-0.25, -0.2) is 4.90 Å². The highest BCUT2D eigenvalue weighted by molar-refractivity contribution is 7.99. The van der Waals surface area contributed by atoms with Crippen LogP contribution in [0.5, 0.6) is 0 Å². The van der Waals surface area contributed by atoms with Crippen molar-refractivity contribution in [1.29, 1.82) is 0 Å². The van der Waals surface area contributed by atoms with Crippen LogP contribution in [0.1, 0.15) is 22.9 Å². The number of nitrogens with one attached hydrogen (secondary N) is 1. The lowest BCUT2D eigenvalue weighted by molar-refractivity contribution is -0.124. The zero-order valence-electron chi connectivity index (χ0n) is 12.9. The van der Waals surface area contributed by atoms with Crippen molar-refractivity contribution >= 4 is 11.8 Å². The SMILES string of the molecule is OC1CCSC(c2ccccc2)NC(O)N1Cc1ccccc1. The molecule has 3 rings (SSSR count). The Hall–Kier alpha value is -1.37. The molecule has 3 N–H and O–H groups in total. The Bertz CT molecular complexity index is 596. The molecule has 5 heteroatoms. The van der Waals surface area contributed by atoms with Crippen LogP contribution in [0.3, 0.4) is 0 Å². The average molecular weight is 330 g/mol. The second-order valence-corrected chi connectivity index (χ2v) is 6.84. The van der Waals surface area contributed by atoms with Gasteiger partial charge in [0.15, 0.2) is 6.35 Å². The van der Waals surface area contributed by atoms with Crippen LogP contribution in [0, 0.1) is 0 Å². The minimum atomic E-state index is -0.900. The third-order valence-corrected chi connectivity index (χ3v) is 5.18. The van der Waals surface area contributed by atoms with E-state index >= 15 is 0 Å². The van der Waals surface area contributed by atoms with Gasteiger partial charge in [-0.3, -0.25) is 5.32 Å². The second-order valence-electron chi connectivity index (χ2n) is 5.63. The predicted octanol–water partition coefficient (Wildman–Crippen LogP) is 2.51. The topological polar surface area (TPSA) is 55.7 Å². The summed E-state index contributed by atoms with van der Waals surface area (Å²) in [6.45, 7) is 0.502.